The third-order valence-electron chi connectivity index (χ3n) is 2.06. The van der Waals surface area contributed by atoms with Gasteiger partial charge in [0.05, 0.1) is 6.61 Å². The van der Waals surface area contributed by atoms with E-state index in [0.717, 1.165) is 0 Å². The molecule has 0 saturated carbocycles. The second kappa shape index (κ2) is 5.45. The molecule has 6 N–H and O–H groups in total. The quantitative estimate of drug-likeness (QED) is 0.383. The topological polar surface area (TPSA) is 141 Å². The van der Waals surface area contributed by atoms with Crippen LogP contribution >= 0.6 is 0 Å². The van der Waals surface area contributed by atoms with Crippen molar-refractivity contribution in [1.82, 2.24) is 15.0 Å². The van der Waals surface area contributed by atoms with Crippen molar-refractivity contribution in [3.63, 3.8) is 0 Å². The first-order valence-electron chi connectivity index (χ1n) is 5.32. The zero-order chi connectivity index (χ0) is 13.8. The number of ether oxygens (including phenoxy) is 1. The number of primary amides is 1. The fourth-order valence-corrected chi connectivity index (χ4v) is 1.01. The first-order valence-corrected chi connectivity index (χ1v) is 5.32. The lowest BCUT2D eigenvalue weighted by molar-refractivity contribution is -0.121. The zero-order valence-corrected chi connectivity index (χ0v) is 10.5. The van der Waals surface area contributed by atoms with Crippen LogP contribution in [-0.2, 0) is 4.79 Å². The molecule has 1 aromatic rings. The molecule has 0 aliphatic heterocycles. The highest BCUT2D eigenvalue weighted by Crippen LogP contribution is 2.15. The smallest absolute Gasteiger partial charge is 0.323 e. The molecule has 0 radical (unpaired) electrons. The lowest BCUT2D eigenvalue weighted by Gasteiger charge is -2.22. The Bertz CT molecular complexity index is 435. The van der Waals surface area contributed by atoms with Crippen LogP contribution in [0.4, 0.5) is 11.9 Å². The summed E-state index contributed by atoms with van der Waals surface area (Å²) >= 11 is 0. The number of rotatable bonds is 6. The predicted octanol–water partition coefficient (Wildman–Crippen LogP) is -0.768. The molecule has 9 nitrogen and oxygen atoms in total. The lowest BCUT2D eigenvalue weighted by Crippen LogP contribution is -2.45. The van der Waals surface area contributed by atoms with E-state index >= 15 is 0 Å². The number of carbonyl (C=O) groups is 1. The van der Waals surface area contributed by atoms with E-state index in [-0.39, 0.29) is 17.9 Å². The van der Waals surface area contributed by atoms with Gasteiger partial charge in [-0.05, 0) is 20.8 Å². The van der Waals surface area contributed by atoms with E-state index in [1.54, 1.807) is 20.8 Å². The molecule has 1 rings (SSSR count). The van der Waals surface area contributed by atoms with Gasteiger partial charge in [0.1, 0.15) is 5.54 Å². The molecular weight excluding hydrogens is 238 g/mol. The van der Waals surface area contributed by atoms with Crippen molar-refractivity contribution < 1.29 is 9.53 Å². The Kier molecular flexibility index (Phi) is 4.21. The SMILES string of the molecule is CCOc1nc(NN)nc(NC(C)(C)C(N)=O)n1. The summed E-state index contributed by atoms with van der Waals surface area (Å²) in [5.41, 5.74) is 6.52. The number of nitrogen functional groups attached to an aromatic ring is 1. The Labute approximate surface area is 104 Å². The Balaban J connectivity index is 3.01. The van der Waals surface area contributed by atoms with Crippen molar-refractivity contribution in [1.29, 1.82) is 0 Å². The molecule has 0 atom stereocenters. The van der Waals surface area contributed by atoms with E-state index < -0.39 is 11.4 Å². The van der Waals surface area contributed by atoms with E-state index in [0.29, 0.717) is 6.61 Å². The summed E-state index contributed by atoms with van der Waals surface area (Å²) in [6.07, 6.45) is 0. The molecule has 0 unspecified atom stereocenters. The average molecular weight is 255 g/mol. The van der Waals surface area contributed by atoms with Gasteiger partial charge in [0.15, 0.2) is 0 Å². The van der Waals surface area contributed by atoms with Crippen molar-refractivity contribution in [3.8, 4) is 6.01 Å². The number of anilines is 2. The van der Waals surface area contributed by atoms with Crippen molar-refractivity contribution in [2.45, 2.75) is 26.3 Å². The summed E-state index contributed by atoms with van der Waals surface area (Å²) in [6.45, 7) is 5.40. The number of aromatic nitrogens is 3. The second-order valence-corrected chi connectivity index (χ2v) is 3.96. The van der Waals surface area contributed by atoms with Crippen molar-refractivity contribution in [3.05, 3.63) is 0 Å². The van der Waals surface area contributed by atoms with E-state index in [1.165, 1.54) is 0 Å². The normalized spacial score (nSPS) is 10.9. The van der Waals surface area contributed by atoms with E-state index in [1.807, 2.05) is 0 Å². The monoisotopic (exact) mass is 255 g/mol. The molecule has 0 aliphatic rings. The Morgan fingerprint density at radius 2 is 1.94 bits per heavy atom. The van der Waals surface area contributed by atoms with Gasteiger partial charge in [0.2, 0.25) is 17.8 Å². The van der Waals surface area contributed by atoms with Crippen LogP contribution in [-0.4, -0.2) is 33.0 Å². The standard InChI is InChI=1S/C9H17N7O2/c1-4-18-8-13-6(12-7(14-8)16-11)15-9(2,3)5(10)17/h4,11H2,1-3H3,(H2,10,17)(H2,12,13,14,15,16). The Morgan fingerprint density at radius 3 is 2.44 bits per heavy atom. The van der Waals surface area contributed by atoms with Gasteiger partial charge in [-0.25, -0.2) is 5.84 Å². The van der Waals surface area contributed by atoms with E-state index in [9.17, 15) is 4.79 Å². The van der Waals surface area contributed by atoms with Crippen molar-refractivity contribution in [2.24, 2.45) is 11.6 Å². The summed E-state index contributed by atoms with van der Waals surface area (Å²) < 4.78 is 5.15. The molecule has 0 fully saturated rings. The van der Waals surface area contributed by atoms with Crippen LogP contribution in [0.15, 0.2) is 0 Å². The van der Waals surface area contributed by atoms with Gasteiger partial charge in [-0.1, -0.05) is 0 Å². The summed E-state index contributed by atoms with van der Waals surface area (Å²) in [7, 11) is 0. The first-order chi connectivity index (χ1) is 8.39. The molecule has 0 bridgehead atoms. The average Bonchev–Trinajstić information content (AvgIpc) is 2.28. The molecule has 0 spiro atoms. The molecule has 18 heavy (non-hydrogen) atoms. The number of hydrogen-bond acceptors (Lipinski definition) is 8. The molecule has 100 valence electrons. The summed E-state index contributed by atoms with van der Waals surface area (Å²) in [5.74, 6) is 4.96. The van der Waals surface area contributed by atoms with Gasteiger partial charge in [-0.2, -0.15) is 15.0 Å². The molecule has 1 heterocycles. The van der Waals surface area contributed by atoms with E-state index in [4.69, 9.17) is 16.3 Å². The van der Waals surface area contributed by atoms with Gasteiger partial charge >= 0.3 is 6.01 Å². The van der Waals surface area contributed by atoms with Crippen LogP contribution in [0.5, 0.6) is 6.01 Å². The highest BCUT2D eigenvalue weighted by atomic mass is 16.5. The number of nitrogens with zero attached hydrogens (tertiary/aromatic N) is 3. The van der Waals surface area contributed by atoms with Crippen LogP contribution in [0.2, 0.25) is 0 Å². The minimum absolute atomic E-state index is 0.100. The largest absolute Gasteiger partial charge is 0.464 e. The minimum atomic E-state index is -1.00. The number of nitrogens with two attached hydrogens (primary N) is 2. The van der Waals surface area contributed by atoms with Crippen molar-refractivity contribution >= 4 is 17.8 Å². The summed E-state index contributed by atoms with van der Waals surface area (Å²) in [6, 6.07) is 0.100. The van der Waals surface area contributed by atoms with E-state index in [2.05, 4.69) is 25.7 Å². The number of nitrogens with one attached hydrogen (secondary N) is 2. The molecule has 0 aromatic carbocycles. The molecule has 0 saturated heterocycles. The van der Waals surface area contributed by atoms with Crippen LogP contribution < -0.4 is 27.1 Å². The fraction of sp³-hybridized carbons (Fsp3) is 0.556. The second-order valence-electron chi connectivity index (χ2n) is 3.96. The van der Waals surface area contributed by atoms with Gasteiger partial charge in [0.25, 0.3) is 0 Å². The number of hydrogen-bond donors (Lipinski definition) is 4. The minimum Gasteiger partial charge on any atom is -0.464 e. The summed E-state index contributed by atoms with van der Waals surface area (Å²) in [5, 5.41) is 2.78. The van der Waals surface area contributed by atoms with Crippen LogP contribution in [0.25, 0.3) is 0 Å². The number of carbonyl (C=O) groups excluding carboxylic acids is 1. The van der Waals surface area contributed by atoms with Crippen LogP contribution in [0.3, 0.4) is 0 Å². The molecule has 1 aromatic heterocycles. The maximum absolute atomic E-state index is 11.2. The highest BCUT2D eigenvalue weighted by Gasteiger charge is 2.26. The Hall–Kier alpha value is -2.16. The predicted molar refractivity (Wildman–Crippen MR) is 65.7 cm³/mol. The lowest BCUT2D eigenvalue weighted by atomic mass is 10.1. The highest BCUT2D eigenvalue weighted by molar-refractivity contribution is 5.86. The van der Waals surface area contributed by atoms with Gasteiger partial charge in [-0.15, -0.1) is 0 Å². The Morgan fingerprint density at radius 1 is 1.33 bits per heavy atom. The summed E-state index contributed by atoms with van der Waals surface area (Å²) in [4.78, 5) is 23.0. The number of amides is 1. The first kappa shape index (κ1) is 13.9. The van der Waals surface area contributed by atoms with Gasteiger partial charge in [-0.3, -0.25) is 10.2 Å². The maximum atomic E-state index is 11.2. The zero-order valence-electron chi connectivity index (χ0n) is 10.5. The molecule has 1 amide bonds. The molecule has 0 aliphatic carbocycles. The third kappa shape index (κ3) is 3.42. The molecule has 9 heteroatoms. The van der Waals surface area contributed by atoms with Crippen molar-refractivity contribution in [2.75, 3.05) is 17.3 Å². The maximum Gasteiger partial charge on any atom is 0.323 e. The number of hydrazine groups is 1. The van der Waals surface area contributed by atoms with Crippen LogP contribution in [0, 0.1) is 0 Å². The van der Waals surface area contributed by atoms with Gasteiger partial charge < -0.3 is 15.8 Å². The third-order valence-corrected chi connectivity index (χ3v) is 2.06. The molecular formula is C9H17N7O2. The van der Waals surface area contributed by atoms with Crippen LogP contribution in [0.1, 0.15) is 20.8 Å². The fourth-order valence-electron chi connectivity index (χ4n) is 1.01. The van der Waals surface area contributed by atoms with Gasteiger partial charge in [0, 0.05) is 0 Å².